The van der Waals surface area contributed by atoms with Gasteiger partial charge in [-0.25, -0.2) is 9.97 Å². The molecule has 0 aliphatic carbocycles. The minimum absolute atomic E-state index is 0.0605. The molecule has 1 saturated heterocycles. The lowest BCUT2D eigenvalue weighted by Gasteiger charge is -2.33. The summed E-state index contributed by atoms with van der Waals surface area (Å²) < 4.78 is 0. The van der Waals surface area contributed by atoms with Crippen LogP contribution in [-0.2, 0) is 11.3 Å². The van der Waals surface area contributed by atoms with Gasteiger partial charge in [0.15, 0.2) is 0 Å². The van der Waals surface area contributed by atoms with Crippen LogP contribution < -0.4 is 11.1 Å². The molecule has 6 nitrogen and oxygen atoms in total. The molecule has 2 heterocycles. The first-order valence-corrected chi connectivity index (χ1v) is 9.08. The Morgan fingerprint density at radius 1 is 1.43 bits per heavy atom. The van der Waals surface area contributed by atoms with Crippen LogP contribution in [0, 0.1) is 0 Å². The lowest BCUT2D eigenvalue weighted by molar-refractivity contribution is -0.136. The highest BCUT2D eigenvalue weighted by atomic mass is 32.2. The SMILES string of the molecule is CSCCC1NCCN(Cc2ccc3c(N)ncnc3c2)C1=O. The quantitative estimate of drug-likeness (QED) is 0.858. The Balaban J connectivity index is 1.74. The molecule has 1 aliphatic heterocycles. The van der Waals surface area contributed by atoms with E-state index < -0.39 is 0 Å². The van der Waals surface area contributed by atoms with E-state index >= 15 is 0 Å². The number of nitrogens with zero attached hydrogens (tertiary/aromatic N) is 3. The van der Waals surface area contributed by atoms with Crippen molar-refractivity contribution in [1.82, 2.24) is 20.2 Å². The van der Waals surface area contributed by atoms with E-state index in [4.69, 9.17) is 5.73 Å². The molecule has 0 bridgehead atoms. The fourth-order valence-corrected chi connectivity index (χ4v) is 3.32. The number of nitrogens with one attached hydrogen (secondary N) is 1. The first kappa shape index (κ1) is 16.0. The normalized spacial score (nSPS) is 18.6. The predicted molar refractivity (Wildman–Crippen MR) is 94.2 cm³/mol. The second-order valence-corrected chi connectivity index (χ2v) is 6.64. The number of nitrogens with two attached hydrogens (primary N) is 1. The molecule has 1 fully saturated rings. The molecule has 1 aliphatic rings. The van der Waals surface area contributed by atoms with E-state index in [2.05, 4.69) is 21.5 Å². The molecule has 122 valence electrons. The molecule has 23 heavy (non-hydrogen) atoms. The average Bonchev–Trinajstić information content (AvgIpc) is 2.56. The zero-order valence-electron chi connectivity index (χ0n) is 13.2. The van der Waals surface area contributed by atoms with Gasteiger partial charge in [0.25, 0.3) is 0 Å². The molecule has 7 heteroatoms. The van der Waals surface area contributed by atoms with Crippen LogP contribution in [0.25, 0.3) is 10.9 Å². The predicted octanol–water partition coefficient (Wildman–Crippen LogP) is 1.27. The van der Waals surface area contributed by atoms with Gasteiger partial charge in [0.2, 0.25) is 5.91 Å². The summed E-state index contributed by atoms with van der Waals surface area (Å²) in [4.78, 5) is 22.7. The fourth-order valence-electron chi connectivity index (χ4n) is 2.85. The van der Waals surface area contributed by atoms with Crippen molar-refractivity contribution in [3.05, 3.63) is 30.1 Å². The Labute approximate surface area is 139 Å². The number of aromatic nitrogens is 2. The van der Waals surface area contributed by atoms with Gasteiger partial charge in [-0.2, -0.15) is 11.8 Å². The van der Waals surface area contributed by atoms with Crippen molar-refractivity contribution in [3.63, 3.8) is 0 Å². The molecule has 3 rings (SSSR count). The summed E-state index contributed by atoms with van der Waals surface area (Å²) in [5.74, 6) is 1.66. The van der Waals surface area contributed by atoms with Gasteiger partial charge in [-0.1, -0.05) is 6.07 Å². The van der Waals surface area contributed by atoms with Gasteiger partial charge in [0, 0.05) is 25.0 Å². The van der Waals surface area contributed by atoms with E-state index in [-0.39, 0.29) is 11.9 Å². The summed E-state index contributed by atoms with van der Waals surface area (Å²) in [5.41, 5.74) is 7.73. The first-order chi connectivity index (χ1) is 11.2. The van der Waals surface area contributed by atoms with Crippen LogP contribution in [0.15, 0.2) is 24.5 Å². The number of piperazine rings is 1. The summed E-state index contributed by atoms with van der Waals surface area (Å²) in [7, 11) is 0. The van der Waals surface area contributed by atoms with Gasteiger partial charge in [0.05, 0.1) is 11.6 Å². The molecule has 1 amide bonds. The number of rotatable bonds is 5. The van der Waals surface area contributed by atoms with Gasteiger partial charge in [0.1, 0.15) is 12.1 Å². The Kier molecular flexibility index (Phi) is 4.97. The Morgan fingerprint density at radius 2 is 2.30 bits per heavy atom. The highest BCUT2D eigenvalue weighted by molar-refractivity contribution is 7.98. The smallest absolute Gasteiger partial charge is 0.240 e. The number of nitrogen functional groups attached to an aromatic ring is 1. The summed E-state index contributed by atoms with van der Waals surface area (Å²) in [6, 6.07) is 5.85. The van der Waals surface area contributed by atoms with Crippen molar-refractivity contribution in [3.8, 4) is 0 Å². The van der Waals surface area contributed by atoms with E-state index in [0.29, 0.717) is 12.4 Å². The standard InChI is InChI=1S/C16H21N5OS/c1-23-7-4-13-16(22)21(6-5-18-13)9-11-2-3-12-14(8-11)19-10-20-15(12)17/h2-3,8,10,13,18H,4-7,9H2,1H3,(H2,17,19,20). The Morgan fingerprint density at radius 3 is 3.13 bits per heavy atom. The van der Waals surface area contributed by atoms with Gasteiger partial charge < -0.3 is 16.0 Å². The molecule has 0 spiro atoms. The monoisotopic (exact) mass is 331 g/mol. The van der Waals surface area contributed by atoms with Crippen LogP contribution in [0.3, 0.4) is 0 Å². The second kappa shape index (κ2) is 7.14. The van der Waals surface area contributed by atoms with E-state index in [9.17, 15) is 4.79 Å². The highest BCUT2D eigenvalue weighted by Crippen LogP contribution is 2.19. The zero-order valence-corrected chi connectivity index (χ0v) is 14.0. The number of thioether (sulfide) groups is 1. The maximum Gasteiger partial charge on any atom is 0.240 e. The third kappa shape index (κ3) is 3.56. The molecule has 0 saturated carbocycles. The summed E-state index contributed by atoms with van der Waals surface area (Å²) in [5, 5.41) is 4.16. The number of hydrogen-bond acceptors (Lipinski definition) is 6. The molecule has 2 aromatic rings. The number of fused-ring (bicyclic) bond motifs is 1. The first-order valence-electron chi connectivity index (χ1n) is 7.69. The largest absolute Gasteiger partial charge is 0.383 e. The van der Waals surface area contributed by atoms with Gasteiger partial charge in [-0.15, -0.1) is 0 Å². The van der Waals surface area contributed by atoms with E-state index in [1.807, 2.05) is 23.1 Å². The van der Waals surface area contributed by atoms with Crippen LogP contribution in [-0.4, -0.2) is 51.9 Å². The van der Waals surface area contributed by atoms with Crippen molar-refractivity contribution in [1.29, 1.82) is 0 Å². The van der Waals surface area contributed by atoms with Crippen LogP contribution in [0.4, 0.5) is 5.82 Å². The molecular weight excluding hydrogens is 310 g/mol. The van der Waals surface area contributed by atoms with E-state index in [1.54, 1.807) is 11.8 Å². The van der Waals surface area contributed by atoms with Crippen LogP contribution >= 0.6 is 11.8 Å². The maximum atomic E-state index is 12.6. The van der Waals surface area contributed by atoms with Crippen LogP contribution in [0.1, 0.15) is 12.0 Å². The lowest BCUT2D eigenvalue weighted by atomic mass is 10.1. The molecular formula is C16H21N5OS. The third-order valence-corrected chi connectivity index (χ3v) is 4.74. The van der Waals surface area contributed by atoms with Gasteiger partial charge >= 0.3 is 0 Å². The van der Waals surface area contributed by atoms with Gasteiger partial charge in [-0.3, -0.25) is 4.79 Å². The number of hydrogen-bond donors (Lipinski definition) is 2. The topological polar surface area (TPSA) is 84.1 Å². The minimum Gasteiger partial charge on any atom is -0.383 e. The molecule has 1 aromatic heterocycles. The van der Waals surface area contributed by atoms with Crippen LogP contribution in [0.2, 0.25) is 0 Å². The second-order valence-electron chi connectivity index (χ2n) is 5.66. The third-order valence-electron chi connectivity index (χ3n) is 4.10. The summed E-state index contributed by atoms with van der Waals surface area (Å²) in [6.45, 7) is 2.18. The average molecular weight is 331 g/mol. The van der Waals surface area contributed by atoms with Crippen molar-refractivity contribution in [2.45, 2.75) is 19.0 Å². The maximum absolute atomic E-state index is 12.6. The van der Waals surface area contributed by atoms with E-state index in [0.717, 1.165) is 41.7 Å². The number of carbonyl (C=O) groups is 1. The molecule has 1 aromatic carbocycles. The molecule has 1 unspecified atom stereocenters. The van der Waals surface area contributed by atoms with Crippen molar-refractivity contribution in [2.75, 3.05) is 30.8 Å². The zero-order chi connectivity index (χ0) is 16.2. The Hall–Kier alpha value is -1.86. The molecule has 1 atom stereocenters. The van der Waals surface area contributed by atoms with Gasteiger partial charge in [-0.05, 0) is 36.1 Å². The van der Waals surface area contributed by atoms with Crippen LogP contribution in [0.5, 0.6) is 0 Å². The number of carbonyl (C=O) groups excluding carboxylic acids is 1. The minimum atomic E-state index is -0.0605. The molecule has 0 radical (unpaired) electrons. The summed E-state index contributed by atoms with van der Waals surface area (Å²) >= 11 is 1.77. The lowest BCUT2D eigenvalue weighted by Crippen LogP contribution is -2.54. The van der Waals surface area contributed by atoms with Crippen molar-refractivity contribution >= 4 is 34.4 Å². The summed E-state index contributed by atoms with van der Waals surface area (Å²) in [6.07, 6.45) is 4.40. The van der Waals surface area contributed by atoms with E-state index in [1.165, 1.54) is 6.33 Å². The van der Waals surface area contributed by atoms with Crippen molar-refractivity contribution in [2.24, 2.45) is 0 Å². The number of amides is 1. The van der Waals surface area contributed by atoms with Crippen molar-refractivity contribution < 1.29 is 4.79 Å². The fraction of sp³-hybridized carbons (Fsp3) is 0.438. The number of benzene rings is 1. The Bertz CT molecular complexity index is 708. The number of anilines is 1. The molecule has 3 N–H and O–H groups in total. The highest BCUT2D eigenvalue weighted by Gasteiger charge is 2.27.